The Morgan fingerprint density at radius 3 is 1.48 bits per heavy atom. The molecule has 4 N–H and O–H groups in total. The SMILES string of the molecule is CC/C=C\C/C=C\C/C=C\C/C=C\CCCCC(=O)OC(COCCCCCCCCCCCCCC/C=C\C/C=C\CCCCCCC)COC1OC(CO)C(O)C(O)C1O. The third-order valence-electron chi connectivity index (χ3n) is 11.1. The number of aliphatic hydroxyl groups excluding tert-OH is 4. The second-order valence-electron chi connectivity index (χ2n) is 16.9. The van der Waals surface area contributed by atoms with Crippen molar-refractivity contribution in [2.75, 3.05) is 26.4 Å². The van der Waals surface area contributed by atoms with Gasteiger partial charge in [-0.15, -0.1) is 0 Å². The smallest absolute Gasteiger partial charge is 0.306 e. The maximum atomic E-state index is 12.8. The summed E-state index contributed by atoms with van der Waals surface area (Å²) in [5, 5.41) is 40.2. The Kier molecular flexibility index (Phi) is 40.8. The zero-order chi connectivity index (χ0) is 45.0. The molecule has 6 unspecified atom stereocenters. The molecule has 0 aliphatic carbocycles. The summed E-state index contributed by atoms with van der Waals surface area (Å²) in [6.45, 7) is 4.38. The topological polar surface area (TPSA) is 135 Å². The van der Waals surface area contributed by atoms with E-state index in [0.29, 0.717) is 13.0 Å². The monoisotopic (exact) mass is 873 g/mol. The number of hydrogen-bond acceptors (Lipinski definition) is 9. The summed E-state index contributed by atoms with van der Waals surface area (Å²) < 4.78 is 22.8. The number of carbonyl (C=O) groups is 1. The highest BCUT2D eigenvalue weighted by Gasteiger charge is 2.44. The maximum Gasteiger partial charge on any atom is 0.306 e. The number of esters is 1. The zero-order valence-electron chi connectivity index (χ0n) is 39.3. The number of carbonyl (C=O) groups excluding carboxylic acids is 1. The Hall–Kier alpha value is -2.37. The minimum atomic E-state index is -1.55. The van der Waals surface area contributed by atoms with Gasteiger partial charge in [0.1, 0.15) is 30.5 Å². The van der Waals surface area contributed by atoms with E-state index in [-0.39, 0.29) is 25.6 Å². The molecule has 62 heavy (non-hydrogen) atoms. The second kappa shape index (κ2) is 43.9. The van der Waals surface area contributed by atoms with Crippen molar-refractivity contribution < 1.29 is 44.2 Å². The van der Waals surface area contributed by atoms with Gasteiger partial charge in [0.15, 0.2) is 6.29 Å². The minimum absolute atomic E-state index is 0.124. The van der Waals surface area contributed by atoms with Crippen molar-refractivity contribution in [1.29, 1.82) is 0 Å². The van der Waals surface area contributed by atoms with Crippen molar-refractivity contribution in [2.45, 2.75) is 230 Å². The molecule has 1 rings (SSSR count). The van der Waals surface area contributed by atoms with E-state index < -0.39 is 43.4 Å². The van der Waals surface area contributed by atoms with Gasteiger partial charge in [-0.05, 0) is 83.5 Å². The van der Waals surface area contributed by atoms with Crippen LogP contribution in [0.2, 0.25) is 0 Å². The van der Waals surface area contributed by atoms with Crippen LogP contribution in [0.3, 0.4) is 0 Å². The molecule has 0 aromatic heterocycles. The molecule has 6 atom stereocenters. The lowest BCUT2D eigenvalue weighted by atomic mass is 9.99. The largest absolute Gasteiger partial charge is 0.457 e. The fourth-order valence-electron chi connectivity index (χ4n) is 7.22. The molecule has 0 bridgehead atoms. The van der Waals surface area contributed by atoms with Crippen LogP contribution in [-0.2, 0) is 23.7 Å². The van der Waals surface area contributed by atoms with Gasteiger partial charge in [-0.3, -0.25) is 4.79 Å². The van der Waals surface area contributed by atoms with Gasteiger partial charge >= 0.3 is 5.97 Å². The van der Waals surface area contributed by atoms with Crippen LogP contribution in [0.4, 0.5) is 0 Å². The molecule has 1 aliphatic heterocycles. The Balaban J connectivity index is 2.21. The number of allylic oxidation sites excluding steroid dienone is 12. The molecule has 0 spiro atoms. The molecule has 1 saturated heterocycles. The summed E-state index contributed by atoms with van der Waals surface area (Å²) in [4.78, 5) is 12.8. The van der Waals surface area contributed by atoms with E-state index in [4.69, 9.17) is 18.9 Å². The molecule has 1 fully saturated rings. The molecule has 0 aromatic carbocycles. The van der Waals surface area contributed by atoms with Gasteiger partial charge in [0.05, 0.1) is 19.8 Å². The summed E-state index contributed by atoms with van der Waals surface area (Å²) >= 11 is 0. The zero-order valence-corrected chi connectivity index (χ0v) is 39.3. The highest BCUT2D eigenvalue weighted by atomic mass is 16.7. The molecule has 9 heteroatoms. The first-order valence-corrected chi connectivity index (χ1v) is 25.0. The molecule has 0 radical (unpaired) electrons. The number of unbranched alkanes of at least 4 members (excludes halogenated alkanes) is 19. The lowest BCUT2D eigenvalue weighted by molar-refractivity contribution is -0.305. The van der Waals surface area contributed by atoms with E-state index in [9.17, 15) is 25.2 Å². The lowest BCUT2D eigenvalue weighted by Gasteiger charge is -2.39. The van der Waals surface area contributed by atoms with Gasteiger partial charge in [-0.1, -0.05) is 177 Å². The summed E-state index contributed by atoms with van der Waals surface area (Å²) in [5.74, 6) is -0.355. The molecule has 0 amide bonds. The molecule has 1 aliphatic rings. The average Bonchev–Trinajstić information content (AvgIpc) is 3.27. The Morgan fingerprint density at radius 2 is 0.984 bits per heavy atom. The van der Waals surface area contributed by atoms with Crippen molar-refractivity contribution in [1.82, 2.24) is 0 Å². The van der Waals surface area contributed by atoms with Crippen molar-refractivity contribution in [2.24, 2.45) is 0 Å². The third kappa shape index (κ3) is 34.1. The predicted octanol–water partition coefficient (Wildman–Crippen LogP) is 12.0. The predicted molar refractivity (Wildman–Crippen MR) is 256 cm³/mol. The summed E-state index contributed by atoms with van der Waals surface area (Å²) in [5.41, 5.74) is 0. The van der Waals surface area contributed by atoms with Crippen LogP contribution < -0.4 is 0 Å². The molecule has 0 saturated carbocycles. The maximum absolute atomic E-state index is 12.8. The number of ether oxygens (including phenoxy) is 4. The molecule has 358 valence electrons. The highest BCUT2D eigenvalue weighted by molar-refractivity contribution is 5.69. The highest BCUT2D eigenvalue weighted by Crippen LogP contribution is 2.22. The molecule has 9 nitrogen and oxygen atoms in total. The Labute approximate surface area is 378 Å². The average molecular weight is 873 g/mol. The van der Waals surface area contributed by atoms with Gasteiger partial charge in [0, 0.05) is 13.0 Å². The van der Waals surface area contributed by atoms with Gasteiger partial charge in [-0.25, -0.2) is 0 Å². The number of aliphatic hydroxyl groups is 4. The quantitative estimate of drug-likeness (QED) is 0.0269. The summed E-state index contributed by atoms with van der Waals surface area (Å²) in [7, 11) is 0. The van der Waals surface area contributed by atoms with E-state index in [1.807, 2.05) is 0 Å². The van der Waals surface area contributed by atoms with Crippen molar-refractivity contribution in [3.63, 3.8) is 0 Å². The van der Waals surface area contributed by atoms with Gasteiger partial charge in [0.25, 0.3) is 0 Å². The van der Waals surface area contributed by atoms with E-state index in [1.165, 1.54) is 109 Å². The van der Waals surface area contributed by atoms with Gasteiger partial charge in [-0.2, -0.15) is 0 Å². The van der Waals surface area contributed by atoms with Gasteiger partial charge < -0.3 is 39.4 Å². The van der Waals surface area contributed by atoms with Crippen LogP contribution in [0.5, 0.6) is 0 Å². The fourth-order valence-corrected chi connectivity index (χ4v) is 7.22. The van der Waals surface area contributed by atoms with Crippen molar-refractivity contribution in [3.8, 4) is 0 Å². The minimum Gasteiger partial charge on any atom is -0.457 e. The molecule has 1 heterocycles. The van der Waals surface area contributed by atoms with Crippen LogP contribution >= 0.6 is 0 Å². The number of hydrogen-bond donors (Lipinski definition) is 4. The van der Waals surface area contributed by atoms with Crippen LogP contribution in [0, 0.1) is 0 Å². The van der Waals surface area contributed by atoms with Crippen molar-refractivity contribution >= 4 is 5.97 Å². The molecular weight excluding hydrogens is 781 g/mol. The van der Waals surface area contributed by atoms with E-state index in [0.717, 1.165) is 57.8 Å². The van der Waals surface area contributed by atoms with E-state index in [2.05, 4.69) is 86.8 Å². The fraction of sp³-hybridized carbons (Fsp3) is 0.755. The summed E-state index contributed by atoms with van der Waals surface area (Å²) in [6, 6.07) is 0. The first-order valence-electron chi connectivity index (χ1n) is 25.0. The van der Waals surface area contributed by atoms with Crippen LogP contribution in [0.15, 0.2) is 72.9 Å². The lowest BCUT2D eigenvalue weighted by Crippen LogP contribution is -2.59. The standard InChI is InChI=1S/C53H92O9/c1-3-5-7-9-11-13-15-17-19-20-21-22-23-24-25-26-27-29-31-33-35-37-39-41-43-59-45-47(46-60-53-52(58)51(57)50(56)48(44-54)62-53)61-49(55)42-40-38-36-34-32-30-28-18-16-14-12-10-8-6-4-2/h6,8,12,14-15,17-18,20-21,28,32,34,47-48,50-54,56-58H,3-5,7,9-11,13,16,19,22-27,29-31,33,35-46H2,1-2H3/b8-6-,14-12-,17-15-,21-20-,28-18-,34-32-. The first kappa shape index (κ1) is 57.6. The second-order valence-corrected chi connectivity index (χ2v) is 16.9. The van der Waals surface area contributed by atoms with Crippen molar-refractivity contribution in [3.05, 3.63) is 72.9 Å². The normalized spacial score (nSPS) is 20.4. The Morgan fingerprint density at radius 1 is 0.532 bits per heavy atom. The van der Waals surface area contributed by atoms with E-state index in [1.54, 1.807) is 0 Å². The Bertz CT molecular complexity index is 1180. The van der Waals surface area contributed by atoms with Crippen LogP contribution in [0.1, 0.15) is 194 Å². The van der Waals surface area contributed by atoms with Crippen LogP contribution in [-0.4, -0.2) is 89.6 Å². The third-order valence-corrected chi connectivity index (χ3v) is 11.1. The number of rotatable bonds is 42. The van der Waals surface area contributed by atoms with Gasteiger partial charge in [0.2, 0.25) is 0 Å². The summed E-state index contributed by atoms with van der Waals surface area (Å²) in [6.07, 6.45) is 50.9. The molecule has 0 aromatic rings. The van der Waals surface area contributed by atoms with Crippen LogP contribution in [0.25, 0.3) is 0 Å². The molecular formula is C53H92O9. The first-order chi connectivity index (χ1) is 30.4. The van der Waals surface area contributed by atoms with E-state index >= 15 is 0 Å².